The molecule has 128 valence electrons. The molecule has 4 rings (SSSR count). The summed E-state index contributed by atoms with van der Waals surface area (Å²) in [5.41, 5.74) is 3.99. The van der Waals surface area contributed by atoms with E-state index in [0.29, 0.717) is 10.7 Å². The molecule has 26 heavy (non-hydrogen) atoms. The van der Waals surface area contributed by atoms with E-state index in [2.05, 4.69) is 20.4 Å². The molecule has 1 amide bonds. The summed E-state index contributed by atoms with van der Waals surface area (Å²) in [4.78, 5) is 21.1. The molecule has 3 aromatic heterocycles. The number of hydrogen-bond acceptors (Lipinski definition) is 5. The highest BCUT2D eigenvalue weighted by Gasteiger charge is 2.16. The van der Waals surface area contributed by atoms with Gasteiger partial charge in [0, 0.05) is 23.3 Å². The number of nitrogens with one attached hydrogen (secondary N) is 1. The Morgan fingerprint density at radius 3 is 2.65 bits per heavy atom. The van der Waals surface area contributed by atoms with E-state index in [1.54, 1.807) is 23.3 Å². The van der Waals surface area contributed by atoms with Crippen molar-refractivity contribution in [2.45, 2.75) is 6.92 Å². The smallest absolute Gasteiger partial charge is 0.260 e. The van der Waals surface area contributed by atoms with Crippen LogP contribution in [-0.4, -0.2) is 25.7 Å². The van der Waals surface area contributed by atoms with Crippen LogP contribution < -0.4 is 5.32 Å². The number of nitrogens with zero attached hydrogens (tertiary/aromatic N) is 4. The van der Waals surface area contributed by atoms with Gasteiger partial charge in [0.15, 0.2) is 5.13 Å². The molecule has 0 aliphatic rings. The highest BCUT2D eigenvalue weighted by atomic mass is 32.1. The van der Waals surface area contributed by atoms with Crippen LogP contribution in [0.25, 0.3) is 16.9 Å². The summed E-state index contributed by atoms with van der Waals surface area (Å²) in [6.45, 7) is 1.87. The molecule has 7 heteroatoms. The molecule has 0 aliphatic heterocycles. The third-order valence-electron chi connectivity index (χ3n) is 3.96. The van der Waals surface area contributed by atoms with Crippen molar-refractivity contribution in [2.75, 3.05) is 5.32 Å². The van der Waals surface area contributed by atoms with Crippen LogP contribution in [0.3, 0.4) is 0 Å². The number of amides is 1. The fourth-order valence-corrected chi connectivity index (χ4v) is 3.33. The summed E-state index contributed by atoms with van der Waals surface area (Å²) in [6.07, 6.45) is 5.01. The summed E-state index contributed by atoms with van der Waals surface area (Å²) < 4.78 is 1.75. The summed E-state index contributed by atoms with van der Waals surface area (Å²) in [5, 5.41) is 9.64. The third kappa shape index (κ3) is 3.12. The van der Waals surface area contributed by atoms with E-state index in [9.17, 15) is 4.79 Å². The normalized spacial score (nSPS) is 10.7. The first-order valence-electron chi connectivity index (χ1n) is 8.00. The van der Waals surface area contributed by atoms with E-state index >= 15 is 0 Å². The zero-order chi connectivity index (χ0) is 17.9. The second-order valence-electron chi connectivity index (χ2n) is 5.62. The minimum absolute atomic E-state index is 0.222. The molecule has 0 radical (unpaired) electrons. The molecule has 0 saturated heterocycles. The van der Waals surface area contributed by atoms with Gasteiger partial charge in [0.25, 0.3) is 5.91 Å². The second kappa shape index (κ2) is 6.89. The zero-order valence-electron chi connectivity index (χ0n) is 14.0. The van der Waals surface area contributed by atoms with Crippen molar-refractivity contribution < 1.29 is 4.79 Å². The number of carbonyl (C=O) groups is 1. The maximum atomic E-state index is 12.6. The Labute approximate surface area is 154 Å². The first-order chi connectivity index (χ1) is 12.7. The molecule has 0 bridgehead atoms. The van der Waals surface area contributed by atoms with E-state index < -0.39 is 0 Å². The van der Waals surface area contributed by atoms with E-state index in [4.69, 9.17) is 0 Å². The van der Waals surface area contributed by atoms with Crippen molar-refractivity contribution in [1.82, 2.24) is 19.7 Å². The van der Waals surface area contributed by atoms with Gasteiger partial charge in [-0.05, 0) is 31.2 Å². The molecular weight excluding hydrogens is 346 g/mol. The fourth-order valence-electron chi connectivity index (χ4n) is 2.61. The highest BCUT2D eigenvalue weighted by Crippen LogP contribution is 2.25. The van der Waals surface area contributed by atoms with Crippen LogP contribution in [-0.2, 0) is 0 Å². The molecular formula is C19H15N5OS. The minimum Gasteiger partial charge on any atom is -0.298 e. The van der Waals surface area contributed by atoms with Gasteiger partial charge in [0.1, 0.15) is 0 Å². The number of aromatic nitrogens is 4. The van der Waals surface area contributed by atoms with E-state index in [0.717, 1.165) is 22.6 Å². The quantitative estimate of drug-likeness (QED) is 0.597. The Morgan fingerprint density at radius 1 is 1.12 bits per heavy atom. The van der Waals surface area contributed by atoms with Crippen LogP contribution in [0, 0.1) is 6.92 Å². The molecule has 0 aliphatic carbocycles. The van der Waals surface area contributed by atoms with Gasteiger partial charge in [-0.15, -0.1) is 11.3 Å². The van der Waals surface area contributed by atoms with Crippen LogP contribution in [0.5, 0.6) is 0 Å². The van der Waals surface area contributed by atoms with Crippen LogP contribution in [0.1, 0.15) is 16.1 Å². The molecule has 4 aromatic rings. The third-order valence-corrected chi connectivity index (χ3v) is 4.71. The van der Waals surface area contributed by atoms with Gasteiger partial charge in [-0.1, -0.05) is 18.2 Å². The van der Waals surface area contributed by atoms with Gasteiger partial charge in [-0.2, -0.15) is 5.10 Å². The van der Waals surface area contributed by atoms with Gasteiger partial charge in [0.2, 0.25) is 0 Å². The molecule has 6 nitrogen and oxygen atoms in total. The topological polar surface area (TPSA) is 72.7 Å². The lowest BCUT2D eigenvalue weighted by Gasteiger charge is -2.05. The molecule has 0 atom stereocenters. The average molecular weight is 361 g/mol. The first kappa shape index (κ1) is 16.2. The Morgan fingerprint density at radius 2 is 1.88 bits per heavy atom. The minimum atomic E-state index is -0.222. The highest BCUT2D eigenvalue weighted by molar-refractivity contribution is 7.14. The number of hydrogen-bond donors (Lipinski definition) is 1. The molecule has 0 spiro atoms. The van der Waals surface area contributed by atoms with Crippen molar-refractivity contribution in [2.24, 2.45) is 0 Å². The number of carbonyl (C=O) groups excluding carboxylic acids is 1. The maximum Gasteiger partial charge on any atom is 0.260 e. The Balaban J connectivity index is 1.55. The van der Waals surface area contributed by atoms with Gasteiger partial charge < -0.3 is 0 Å². The van der Waals surface area contributed by atoms with Crippen molar-refractivity contribution >= 4 is 22.4 Å². The Bertz CT molecular complexity index is 1040. The molecule has 0 saturated carbocycles. The average Bonchev–Trinajstić information content (AvgIpc) is 3.30. The van der Waals surface area contributed by atoms with E-state index in [-0.39, 0.29) is 5.91 Å². The lowest BCUT2D eigenvalue weighted by atomic mass is 10.2. The number of rotatable bonds is 4. The number of thiazole rings is 1. The lowest BCUT2D eigenvalue weighted by Crippen LogP contribution is -2.13. The van der Waals surface area contributed by atoms with E-state index in [1.807, 2.05) is 54.8 Å². The van der Waals surface area contributed by atoms with Crippen LogP contribution in [0.4, 0.5) is 5.13 Å². The van der Waals surface area contributed by atoms with Crippen LogP contribution in [0.15, 0.2) is 66.4 Å². The lowest BCUT2D eigenvalue weighted by molar-refractivity contribution is 0.102. The fraction of sp³-hybridized carbons (Fsp3) is 0.0526. The van der Waals surface area contributed by atoms with Gasteiger partial charge >= 0.3 is 0 Å². The van der Waals surface area contributed by atoms with Gasteiger partial charge in [0.05, 0.1) is 28.8 Å². The molecule has 1 aromatic carbocycles. The summed E-state index contributed by atoms with van der Waals surface area (Å²) in [7, 11) is 0. The van der Waals surface area contributed by atoms with Crippen molar-refractivity contribution in [3.05, 3.63) is 77.7 Å². The first-order valence-corrected chi connectivity index (χ1v) is 8.87. The Kier molecular flexibility index (Phi) is 4.28. The molecule has 0 unspecified atom stereocenters. The van der Waals surface area contributed by atoms with Gasteiger partial charge in [-0.25, -0.2) is 9.67 Å². The van der Waals surface area contributed by atoms with Crippen molar-refractivity contribution in [3.8, 4) is 16.9 Å². The molecule has 0 fully saturated rings. The Hall–Kier alpha value is -3.32. The summed E-state index contributed by atoms with van der Waals surface area (Å²) in [5.74, 6) is -0.222. The number of anilines is 1. The van der Waals surface area contributed by atoms with Crippen LogP contribution >= 0.6 is 11.3 Å². The zero-order valence-corrected chi connectivity index (χ0v) is 14.8. The molecule has 3 heterocycles. The van der Waals surface area contributed by atoms with Crippen molar-refractivity contribution in [3.63, 3.8) is 0 Å². The number of para-hydroxylation sites is 1. The predicted molar refractivity (Wildman–Crippen MR) is 102 cm³/mol. The monoisotopic (exact) mass is 361 g/mol. The van der Waals surface area contributed by atoms with Crippen LogP contribution in [0.2, 0.25) is 0 Å². The SMILES string of the molecule is Cc1c(C(=O)Nc2nc(-c3ccncc3)cs2)cnn1-c1ccccc1. The summed E-state index contributed by atoms with van der Waals surface area (Å²) >= 11 is 1.39. The summed E-state index contributed by atoms with van der Waals surface area (Å²) in [6, 6.07) is 13.5. The van der Waals surface area contributed by atoms with E-state index in [1.165, 1.54) is 11.3 Å². The predicted octanol–water partition coefficient (Wildman–Crippen LogP) is 3.95. The van der Waals surface area contributed by atoms with Gasteiger partial charge in [-0.3, -0.25) is 15.1 Å². The maximum absolute atomic E-state index is 12.6. The number of pyridine rings is 1. The molecule has 1 N–H and O–H groups in total. The largest absolute Gasteiger partial charge is 0.298 e. The second-order valence-corrected chi connectivity index (χ2v) is 6.48. The standard InChI is InChI=1S/C19H15N5OS/c1-13-16(11-21-24(13)15-5-3-2-4-6-15)18(25)23-19-22-17(12-26-19)14-7-9-20-10-8-14/h2-12H,1H3,(H,22,23,25). The van der Waals surface area contributed by atoms with Crippen molar-refractivity contribution in [1.29, 1.82) is 0 Å². The number of benzene rings is 1.